The Morgan fingerprint density at radius 2 is 1.08 bits per heavy atom. The van der Waals surface area contributed by atoms with Gasteiger partial charge in [-0.15, -0.1) is 0 Å². The zero-order valence-electron chi connectivity index (χ0n) is 13.4. The summed E-state index contributed by atoms with van der Waals surface area (Å²) in [6, 6.07) is 16.7. The average molecular weight is 336 g/mol. The number of carbonyl (C=O) groups is 3. The van der Waals surface area contributed by atoms with Crippen LogP contribution in [0, 0.1) is 0 Å². The Labute approximate surface area is 144 Å². The molecule has 2 heterocycles. The smallest absolute Gasteiger partial charge is 0.339 e. The Morgan fingerprint density at radius 1 is 0.680 bits per heavy atom. The minimum atomic E-state index is -0.885. The second kappa shape index (κ2) is 6.05. The van der Waals surface area contributed by atoms with Crippen molar-refractivity contribution in [2.24, 2.45) is 0 Å². The average Bonchev–Trinajstić information content (AvgIpc) is 3.06. The first kappa shape index (κ1) is 15.4. The van der Waals surface area contributed by atoms with Crippen LogP contribution >= 0.6 is 0 Å². The standard InChI is InChI=1S/C19H16N2O4/c22-17-15-16(18(23)25-17)21(12-14-9-5-2-6-10-14)19(24)20(15)11-13-7-3-1-4-8-13/h1-10,15-16H,11-12H2/t15-,16-/m1/s1. The molecule has 0 unspecified atom stereocenters. The Morgan fingerprint density at radius 3 is 1.48 bits per heavy atom. The molecule has 2 aromatic carbocycles. The number of fused-ring (bicyclic) bond motifs is 1. The zero-order valence-corrected chi connectivity index (χ0v) is 13.4. The van der Waals surface area contributed by atoms with E-state index in [1.165, 1.54) is 9.80 Å². The number of hydrogen-bond acceptors (Lipinski definition) is 4. The lowest BCUT2D eigenvalue weighted by molar-refractivity contribution is -0.154. The lowest BCUT2D eigenvalue weighted by Gasteiger charge is -2.21. The van der Waals surface area contributed by atoms with Crippen LogP contribution in [0.2, 0.25) is 0 Å². The number of benzene rings is 2. The van der Waals surface area contributed by atoms with Crippen LogP contribution in [0.15, 0.2) is 60.7 Å². The molecule has 2 fully saturated rings. The number of esters is 2. The van der Waals surface area contributed by atoms with Crippen molar-refractivity contribution in [2.45, 2.75) is 25.2 Å². The van der Waals surface area contributed by atoms with E-state index in [1.807, 2.05) is 60.7 Å². The molecule has 6 heteroatoms. The van der Waals surface area contributed by atoms with E-state index in [-0.39, 0.29) is 19.1 Å². The van der Waals surface area contributed by atoms with E-state index >= 15 is 0 Å². The summed E-state index contributed by atoms with van der Waals surface area (Å²) in [5.41, 5.74) is 1.78. The highest BCUT2D eigenvalue weighted by Crippen LogP contribution is 2.32. The number of nitrogens with zero attached hydrogens (tertiary/aromatic N) is 2. The van der Waals surface area contributed by atoms with Gasteiger partial charge < -0.3 is 14.5 Å². The maximum atomic E-state index is 12.9. The predicted molar refractivity (Wildman–Crippen MR) is 88.0 cm³/mol. The van der Waals surface area contributed by atoms with Crippen LogP contribution in [-0.2, 0) is 27.4 Å². The molecule has 2 atom stereocenters. The zero-order chi connectivity index (χ0) is 17.4. The van der Waals surface area contributed by atoms with Crippen molar-refractivity contribution in [2.75, 3.05) is 0 Å². The van der Waals surface area contributed by atoms with Crippen LogP contribution in [0.5, 0.6) is 0 Å². The number of urea groups is 1. The van der Waals surface area contributed by atoms with E-state index in [0.717, 1.165) is 11.1 Å². The molecule has 0 bridgehead atoms. The van der Waals surface area contributed by atoms with E-state index in [0.29, 0.717) is 0 Å². The second-order valence-corrected chi connectivity index (χ2v) is 6.14. The summed E-state index contributed by atoms with van der Waals surface area (Å²) in [4.78, 5) is 40.1. The number of ether oxygens (including phenoxy) is 1. The third-order valence-electron chi connectivity index (χ3n) is 4.54. The summed E-state index contributed by atoms with van der Waals surface area (Å²) < 4.78 is 4.80. The summed E-state index contributed by atoms with van der Waals surface area (Å²) in [5, 5.41) is 0. The Kier molecular flexibility index (Phi) is 3.72. The van der Waals surface area contributed by atoms with E-state index < -0.39 is 24.0 Å². The fourth-order valence-electron chi connectivity index (χ4n) is 3.37. The van der Waals surface area contributed by atoms with Crippen LogP contribution < -0.4 is 0 Å². The highest BCUT2D eigenvalue weighted by molar-refractivity contribution is 6.06. The third-order valence-corrected chi connectivity index (χ3v) is 4.54. The van der Waals surface area contributed by atoms with Crippen molar-refractivity contribution in [3.05, 3.63) is 71.8 Å². The van der Waals surface area contributed by atoms with Crippen molar-refractivity contribution < 1.29 is 19.1 Å². The van der Waals surface area contributed by atoms with Gasteiger partial charge >= 0.3 is 18.0 Å². The van der Waals surface area contributed by atoms with Crippen molar-refractivity contribution in [1.82, 2.24) is 9.80 Å². The maximum absolute atomic E-state index is 12.9. The highest BCUT2D eigenvalue weighted by atomic mass is 16.6. The van der Waals surface area contributed by atoms with Crippen LogP contribution in [0.3, 0.4) is 0 Å². The van der Waals surface area contributed by atoms with Gasteiger partial charge in [0.25, 0.3) is 0 Å². The van der Waals surface area contributed by atoms with Gasteiger partial charge in [0.2, 0.25) is 0 Å². The van der Waals surface area contributed by atoms with Gasteiger partial charge in [0.1, 0.15) is 0 Å². The van der Waals surface area contributed by atoms with E-state index in [9.17, 15) is 14.4 Å². The predicted octanol–water partition coefficient (Wildman–Crippen LogP) is 1.94. The first-order chi connectivity index (χ1) is 12.1. The summed E-state index contributed by atoms with van der Waals surface area (Å²) in [7, 11) is 0. The normalized spacial score (nSPS) is 22.3. The minimum Gasteiger partial charge on any atom is -0.390 e. The van der Waals surface area contributed by atoms with E-state index in [2.05, 4.69) is 0 Å². The van der Waals surface area contributed by atoms with E-state index in [4.69, 9.17) is 4.74 Å². The van der Waals surface area contributed by atoms with Crippen LogP contribution in [-0.4, -0.2) is 39.9 Å². The first-order valence-electron chi connectivity index (χ1n) is 8.06. The summed E-state index contributed by atoms with van der Waals surface area (Å²) >= 11 is 0. The van der Waals surface area contributed by atoms with Crippen molar-refractivity contribution >= 4 is 18.0 Å². The molecule has 2 amide bonds. The van der Waals surface area contributed by atoms with Crippen molar-refractivity contribution in [1.29, 1.82) is 0 Å². The maximum Gasteiger partial charge on any atom is 0.339 e. The number of hydrogen-bond donors (Lipinski definition) is 0. The molecule has 0 N–H and O–H groups in total. The second-order valence-electron chi connectivity index (χ2n) is 6.14. The molecule has 0 saturated carbocycles. The van der Waals surface area contributed by atoms with Gasteiger partial charge in [-0.1, -0.05) is 60.7 Å². The molecule has 25 heavy (non-hydrogen) atoms. The fourth-order valence-corrected chi connectivity index (χ4v) is 3.37. The fraction of sp³-hybridized carbons (Fsp3) is 0.211. The molecule has 0 aliphatic carbocycles. The molecule has 0 spiro atoms. The molecule has 2 aromatic rings. The molecule has 0 radical (unpaired) electrons. The topological polar surface area (TPSA) is 66.9 Å². The molecule has 0 aromatic heterocycles. The lowest BCUT2D eigenvalue weighted by atomic mass is 10.1. The van der Waals surface area contributed by atoms with E-state index in [1.54, 1.807) is 0 Å². The van der Waals surface area contributed by atoms with Crippen LogP contribution in [0.25, 0.3) is 0 Å². The highest BCUT2D eigenvalue weighted by Gasteiger charge is 2.59. The number of cyclic esters (lactones) is 2. The number of rotatable bonds is 4. The number of amides is 2. The molecular weight excluding hydrogens is 320 g/mol. The summed E-state index contributed by atoms with van der Waals surface area (Å²) in [6.07, 6.45) is 0. The summed E-state index contributed by atoms with van der Waals surface area (Å²) in [5.74, 6) is -1.32. The van der Waals surface area contributed by atoms with Crippen molar-refractivity contribution in [3.63, 3.8) is 0 Å². The first-order valence-corrected chi connectivity index (χ1v) is 8.06. The SMILES string of the molecule is O=C1OC(=O)[C@H]2[C@H]1N(Cc1ccccc1)C(=O)N2Cc1ccccc1. The largest absolute Gasteiger partial charge is 0.390 e. The van der Waals surface area contributed by atoms with Gasteiger partial charge in [-0.05, 0) is 11.1 Å². The Bertz CT molecular complexity index is 754. The molecule has 2 aliphatic rings. The Balaban J connectivity index is 1.65. The number of carbonyl (C=O) groups excluding carboxylic acids is 3. The molecular formula is C19H16N2O4. The third kappa shape index (κ3) is 2.65. The molecule has 2 aliphatic heterocycles. The lowest BCUT2D eigenvalue weighted by Crippen LogP contribution is -2.39. The van der Waals surface area contributed by atoms with Gasteiger partial charge in [0, 0.05) is 13.1 Å². The van der Waals surface area contributed by atoms with Gasteiger partial charge in [-0.25, -0.2) is 14.4 Å². The molecule has 126 valence electrons. The van der Waals surface area contributed by atoms with Gasteiger partial charge in [0.15, 0.2) is 12.1 Å². The van der Waals surface area contributed by atoms with Gasteiger partial charge in [-0.2, -0.15) is 0 Å². The quantitative estimate of drug-likeness (QED) is 0.632. The summed E-state index contributed by atoms with van der Waals surface area (Å²) in [6.45, 7) is 0.517. The molecule has 6 nitrogen and oxygen atoms in total. The van der Waals surface area contributed by atoms with Crippen molar-refractivity contribution in [3.8, 4) is 0 Å². The van der Waals surface area contributed by atoms with Gasteiger partial charge in [-0.3, -0.25) is 0 Å². The molecule has 4 rings (SSSR count). The van der Waals surface area contributed by atoms with Gasteiger partial charge in [0.05, 0.1) is 0 Å². The molecule has 2 saturated heterocycles. The minimum absolute atomic E-state index is 0.258. The Hall–Kier alpha value is -3.15. The monoisotopic (exact) mass is 336 g/mol. The van der Waals surface area contributed by atoms with Crippen LogP contribution in [0.4, 0.5) is 4.79 Å². The van der Waals surface area contributed by atoms with Crippen LogP contribution in [0.1, 0.15) is 11.1 Å².